The first-order chi connectivity index (χ1) is 12.6. The Morgan fingerprint density at radius 3 is 2.81 bits per heavy atom. The lowest BCUT2D eigenvalue weighted by atomic mass is 9.97. The van der Waals surface area contributed by atoms with E-state index in [0.29, 0.717) is 12.6 Å². The summed E-state index contributed by atoms with van der Waals surface area (Å²) in [6, 6.07) is 8.36. The molecule has 7 heteroatoms. The van der Waals surface area contributed by atoms with Crippen molar-refractivity contribution in [3.8, 4) is 5.75 Å². The third-order valence-corrected chi connectivity index (χ3v) is 5.12. The van der Waals surface area contributed by atoms with Gasteiger partial charge in [-0.3, -0.25) is 4.90 Å². The Kier molecular flexibility index (Phi) is 4.74. The van der Waals surface area contributed by atoms with Gasteiger partial charge >= 0.3 is 0 Å². The van der Waals surface area contributed by atoms with Gasteiger partial charge in [0.2, 0.25) is 5.95 Å². The summed E-state index contributed by atoms with van der Waals surface area (Å²) < 4.78 is 24.3. The van der Waals surface area contributed by atoms with Gasteiger partial charge in [0.15, 0.2) is 5.82 Å². The van der Waals surface area contributed by atoms with Gasteiger partial charge in [0.25, 0.3) is 0 Å². The minimum atomic E-state index is -0.431. The quantitative estimate of drug-likeness (QED) is 0.886. The summed E-state index contributed by atoms with van der Waals surface area (Å²) in [6.07, 6.45) is 4.28. The van der Waals surface area contributed by atoms with Crippen LogP contribution in [0.1, 0.15) is 18.4 Å². The van der Waals surface area contributed by atoms with Gasteiger partial charge in [0.05, 0.1) is 37.8 Å². The lowest BCUT2D eigenvalue weighted by Gasteiger charge is -2.23. The number of likely N-dealkylation sites (tertiary alicyclic amines) is 1. The van der Waals surface area contributed by atoms with Crippen molar-refractivity contribution < 1.29 is 13.9 Å². The number of nitrogens with one attached hydrogen (secondary N) is 1. The molecule has 0 saturated carbocycles. The maximum Gasteiger partial charge on any atom is 0.223 e. The molecule has 1 spiro atoms. The van der Waals surface area contributed by atoms with Crippen LogP contribution in [0.5, 0.6) is 5.75 Å². The highest BCUT2D eigenvalue weighted by Gasteiger charge is 2.45. The van der Waals surface area contributed by atoms with Crippen LogP contribution < -0.4 is 10.1 Å². The second kappa shape index (κ2) is 7.17. The summed E-state index contributed by atoms with van der Waals surface area (Å²) in [5.41, 5.74) is 1.17. The van der Waals surface area contributed by atoms with Crippen LogP contribution in [0.3, 0.4) is 0 Å². The van der Waals surface area contributed by atoms with E-state index in [2.05, 4.69) is 32.3 Å². The number of anilines is 1. The molecule has 4 rings (SSSR count). The first-order valence-corrected chi connectivity index (χ1v) is 8.87. The number of nitrogens with zero attached hydrogens (tertiary/aromatic N) is 3. The van der Waals surface area contributed by atoms with E-state index in [-0.39, 0.29) is 11.6 Å². The fraction of sp³-hybridized carbons (Fsp3) is 0.474. The average Bonchev–Trinajstić information content (AvgIpc) is 3.24. The van der Waals surface area contributed by atoms with Crippen LogP contribution in [0.4, 0.5) is 10.3 Å². The van der Waals surface area contributed by atoms with E-state index in [0.717, 1.165) is 38.2 Å². The molecule has 0 amide bonds. The molecule has 6 nitrogen and oxygen atoms in total. The molecule has 2 atom stereocenters. The van der Waals surface area contributed by atoms with Gasteiger partial charge < -0.3 is 14.8 Å². The fourth-order valence-corrected chi connectivity index (χ4v) is 3.84. The standard InChI is InChI=1S/C19H23FN4O2/c1-25-17-4-2-14(3-5-17)11-24-7-6-19(13-24)8-16(12-26-19)23-18-21-9-15(20)10-22-18/h2-5,9-10,16H,6-8,11-13H2,1H3,(H,21,22,23)/t16-,19+/m0/s1. The van der Waals surface area contributed by atoms with Crippen molar-refractivity contribution in [2.24, 2.45) is 0 Å². The van der Waals surface area contributed by atoms with Crippen LogP contribution in [0.2, 0.25) is 0 Å². The summed E-state index contributed by atoms with van der Waals surface area (Å²) >= 11 is 0. The summed E-state index contributed by atoms with van der Waals surface area (Å²) in [5.74, 6) is 0.896. The van der Waals surface area contributed by atoms with E-state index in [4.69, 9.17) is 9.47 Å². The first kappa shape index (κ1) is 17.2. The maximum absolute atomic E-state index is 12.9. The van der Waals surface area contributed by atoms with Crippen LogP contribution in [-0.4, -0.2) is 53.3 Å². The van der Waals surface area contributed by atoms with Crippen LogP contribution in [0.25, 0.3) is 0 Å². The molecule has 0 radical (unpaired) electrons. The molecular weight excluding hydrogens is 335 g/mol. The fourth-order valence-electron chi connectivity index (χ4n) is 3.84. The van der Waals surface area contributed by atoms with Crippen LogP contribution in [-0.2, 0) is 11.3 Å². The number of rotatable bonds is 5. The summed E-state index contributed by atoms with van der Waals surface area (Å²) in [7, 11) is 1.68. The van der Waals surface area contributed by atoms with Crippen molar-refractivity contribution in [1.82, 2.24) is 14.9 Å². The molecule has 26 heavy (non-hydrogen) atoms. The smallest absolute Gasteiger partial charge is 0.223 e. The zero-order valence-corrected chi connectivity index (χ0v) is 14.8. The second-order valence-corrected chi connectivity index (χ2v) is 7.07. The van der Waals surface area contributed by atoms with E-state index in [1.807, 2.05) is 12.1 Å². The molecule has 2 aliphatic rings. The van der Waals surface area contributed by atoms with Crippen molar-refractivity contribution in [1.29, 1.82) is 0 Å². The molecule has 3 heterocycles. The third-order valence-electron chi connectivity index (χ3n) is 5.12. The van der Waals surface area contributed by atoms with Crippen LogP contribution in [0.15, 0.2) is 36.7 Å². The molecular formula is C19H23FN4O2. The monoisotopic (exact) mass is 358 g/mol. The second-order valence-electron chi connectivity index (χ2n) is 7.07. The minimum absolute atomic E-state index is 0.107. The number of benzene rings is 1. The van der Waals surface area contributed by atoms with Crippen molar-refractivity contribution in [2.75, 3.05) is 32.1 Å². The van der Waals surface area contributed by atoms with Gasteiger partial charge in [-0.25, -0.2) is 14.4 Å². The molecule has 1 aromatic heterocycles. The molecule has 2 saturated heterocycles. The van der Waals surface area contributed by atoms with E-state index in [1.54, 1.807) is 7.11 Å². The highest BCUT2D eigenvalue weighted by atomic mass is 19.1. The Balaban J connectivity index is 1.32. The Labute approximate surface area is 152 Å². The zero-order chi connectivity index (χ0) is 18.0. The predicted octanol–water partition coefficient (Wildman–Crippen LogP) is 2.47. The van der Waals surface area contributed by atoms with Crippen molar-refractivity contribution in [2.45, 2.75) is 31.0 Å². The van der Waals surface area contributed by atoms with Crippen LogP contribution in [0, 0.1) is 5.82 Å². The van der Waals surface area contributed by atoms with Crippen molar-refractivity contribution in [3.05, 3.63) is 48.0 Å². The SMILES string of the molecule is COc1ccc(CN2CC[C@@]3(C[C@H](Nc4ncc(F)cn4)CO3)C2)cc1. The Morgan fingerprint density at radius 1 is 1.31 bits per heavy atom. The Hall–Kier alpha value is -2.25. The lowest BCUT2D eigenvalue weighted by molar-refractivity contribution is 0.0120. The first-order valence-electron chi connectivity index (χ1n) is 8.87. The third kappa shape index (κ3) is 3.78. The average molecular weight is 358 g/mol. The van der Waals surface area contributed by atoms with Crippen molar-refractivity contribution in [3.63, 3.8) is 0 Å². The molecule has 138 valence electrons. The predicted molar refractivity (Wildman–Crippen MR) is 95.6 cm³/mol. The van der Waals surface area contributed by atoms with Crippen molar-refractivity contribution >= 4 is 5.95 Å². The van der Waals surface area contributed by atoms with Gasteiger partial charge in [-0.15, -0.1) is 0 Å². The lowest BCUT2D eigenvalue weighted by Crippen LogP contribution is -2.33. The molecule has 2 aromatic rings. The van der Waals surface area contributed by atoms with Crippen LogP contribution >= 0.6 is 0 Å². The topological polar surface area (TPSA) is 59.5 Å². The molecule has 0 unspecified atom stereocenters. The van der Waals surface area contributed by atoms with E-state index < -0.39 is 5.82 Å². The number of halogens is 1. The number of hydrogen-bond donors (Lipinski definition) is 1. The summed E-state index contributed by atoms with van der Waals surface area (Å²) in [5, 5.41) is 3.25. The minimum Gasteiger partial charge on any atom is -0.497 e. The van der Waals surface area contributed by atoms with E-state index in [1.165, 1.54) is 18.0 Å². The number of methoxy groups -OCH3 is 1. The number of ether oxygens (including phenoxy) is 2. The summed E-state index contributed by atoms with van der Waals surface area (Å²) in [4.78, 5) is 10.4. The Bertz CT molecular complexity index is 740. The molecule has 0 aliphatic carbocycles. The molecule has 2 aliphatic heterocycles. The van der Waals surface area contributed by atoms with Gasteiger partial charge in [-0.1, -0.05) is 12.1 Å². The number of hydrogen-bond acceptors (Lipinski definition) is 6. The summed E-state index contributed by atoms with van der Waals surface area (Å²) in [6.45, 7) is 3.47. The van der Waals surface area contributed by atoms with E-state index >= 15 is 0 Å². The van der Waals surface area contributed by atoms with Gasteiger partial charge in [0, 0.05) is 26.1 Å². The highest BCUT2D eigenvalue weighted by molar-refractivity contribution is 5.28. The van der Waals surface area contributed by atoms with Gasteiger partial charge in [-0.05, 0) is 24.1 Å². The Morgan fingerprint density at radius 2 is 2.08 bits per heavy atom. The molecule has 2 fully saturated rings. The molecule has 1 N–H and O–H groups in total. The number of aromatic nitrogens is 2. The normalized spacial score (nSPS) is 25.7. The largest absolute Gasteiger partial charge is 0.497 e. The molecule has 0 bridgehead atoms. The van der Waals surface area contributed by atoms with Gasteiger partial charge in [0.1, 0.15) is 5.75 Å². The highest BCUT2D eigenvalue weighted by Crippen LogP contribution is 2.36. The van der Waals surface area contributed by atoms with E-state index in [9.17, 15) is 4.39 Å². The maximum atomic E-state index is 12.9. The zero-order valence-electron chi connectivity index (χ0n) is 14.8. The van der Waals surface area contributed by atoms with Gasteiger partial charge in [-0.2, -0.15) is 0 Å². The molecule has 1 aromatic carbocycles.